The highest BCUT2D eigenvalue weighted by Crippen LogP contribution is 2.36. The normalized spacial score (nSPS) is 43.2. The second-order valence-electron chi connectivity index (χ2n) is 4.18. The lowest BCUT2D eigenvalue weighted by molar-refractivity contribution is -0.404. The summed E-state index contributed by atoms with van der Waals surface area (Å²) in [5.74, 6) is -1.77. The quantitative estimate of drug-likeness (QED) is 0.687. The molecular formula is C10H16O5. The molecule has 3 atom stereocenters. The summed E-state index contributed by atoms with van der Waals surface area (Å²) in [5.41, 5.74) is 0. The monoisotopic (exact) mass is 216 g/mol. The van der Waals surface area contributed by atoms with Gasteiger partial charge in [-0.3, -0.25) is 0 Å². The van der Waals surface area contributed by atoms with Crippen LogP contribution in [0.5, 0.6) is 0 Å². The van der Waals surface area contributed by atoms with E-state index in [0.717, 1.165) is 0 Å². The highest BCUT2D eigenvalue weighted by molar-refractivity contribution is 5.04. The predicted molar refractivity (Wildman–Crippen MR) is 50.9 cm³/mol. The fraction of sp³-hybridized carbons (Fsp3) is 0.800. The summed E-state index contributed by atoms with van der Waals surface area (Å²) in [6, 6.07) is 0. The van der Waals surface area contributed by atoms with Crippen molar-refractivity contribution in [3.8, 4) is 0 Å². The Morgan fingerprint density at radius 3 is 2.87 bits per heavy atom. The van der Waals surface area contributed by atoms with E-state index in [2.05, 4.69) is 0 Å². The summed E-state index contributed by atoms with van der Waals surface area (Å²) in [6.45, 7) is 3.80. The molecule has 2 aliphatic heterocycles. The smallest absolute Gasteiger partial charge is 0.262 e. The average Bonchev–Trinajstić information content (AvgIpc) is 2.19. The number of hydrogen-bond acceptors (Lipinski definition) is 5. The molecule has 5 nitrogen and oxygen atoms in total. The van der Waals surface area contributed by atoms with Crippen molar-refractivity contribution in [3.05, 3.63) is 12.3 Å². The Labute approximate surface area is 88.6 Å². The standard InChI is InChI=1S/C10H16O5/c1-9(2)14-6-10(12-3)8(15-9)7(11)4-5-13-10/h4-5,7-8,11H,6H2,1-3H3/t7-,8-,10+/m0/s1. The molecule has 1 fully saturated rings. The summed E-state index contributed by atoms with van der Waals surface area (Å²) >= 11 is 0. The minimum absolute atomic E-state index is 0.225. The van der Waals surface area contributed by atoms with Gasteiger partial charge >= 0.3 is 0 Å². The molecule has 2 aliphatic rings. The van der Waals surface area contributed by atoms with Gasteiger partial charge in [0.15, 0.2) is 11.9 Å². The molecule has 0 aromatic carbocycles. The van der Waals surface area contributed by atoms with Gasteiger partial charge in [0, 0.05) is 7.11 Å². The molecule has 86 valence electrons. The second-order valence-corrected chi connectivity index (χ2v) is 4.18. The van der Waals surface area contributed by atoms with E-state index in [4.69, 9.17) is 18.9 Å². The van der Waals surface area contributed by atoms with Crippen LogP contribution in [0.3, 0.4) is 0 Å². The van der Waals surface area contributed by atoms with E-state index in [1.54, 1.807) is 13.8 Å². The maximum absolute atomic E-state index is 9.81. The Hall–Kier alpha value is -0.620. The molecule has 0 amide bonds. The van der Waals surface area contributed by atoms with Crippen LogP contribution in [-0.4, -0.2) is 42.6 Å². The van der Waals surface area contributed by atoms with Gasteiger partial charge in [0.05, 0.1) is 6.26 Å². The Balaban J connectivity index is 2.26. The molecule has 0 unspecified atom stereocenters. The predicted octanol–water partition coefficient (Wildman–Crippen LogP) is 0.385. The van der Waals surface area contributed by atoms with Crippen LogP contribution >= 0.6 is 0 Å². The van der Waals surface area contributed by atoms with Gasteiger partial charge in [-0.05, 0) is 19.9 Å². The third-order valence-electron chi connectivity index (χ3n) is 2.66. The minimum atomic E-state index is -1.04. The number of rotatable bonds is 1. The van der Waals surface area contributed by atoms with E-state index < -0.39 is 23.8 Å². The second kappa shape index (κ2) is 3.45. The van der Waals surface area contributed by atoms with Crippen molar-refractivity contribution in [2.24, 2.45) is 0 Å². The lowest BCUT2D eigenvalue weighted by atomic mass is 10.0. The average molecular weight is 216 g/mol. The number of fused-ring (bicyclic) bond motifs is 1. The van der Waals surface area contributed by atoms with Gasteiger partial charge in [0.25, 0.3) is 5.79 Å². The maximum Gasteiger partial charge on any atom is 0.262 e. The fourth-order valence-electron chi connectivity index (χ4n) is 1.78. The topological polar surface area (TPSA) is 57.2 Å². The lowest BCUT2D eigenvalue weighted by Crippen LogP contribution is -2.64. The number of ether oxygens (including phenoxy) is 4. The highest BCUT2D eigenvalue weighted by atomic mass is 16.8. The minimum Gasteiger partial charge on any atom is -0.465 e. The van der Waals surface area contributed by atoms with Crippen molar-refractivity contribution in [1.82, 2.24) is 0 Å². The van der Waals surface area contributed by atoms with Crippen molar-refractivity contribution in [2.75, 3.05) is 13.7 Å². The zero-order valence-corrected chi connectivity index (χ0v) is 9.10. The largest absolute Gasteiger partial charge is 0.465 e. The Kier molecular flexibility index (Phi) is 2.50. The summed E-state index contributed by atoms with van der Waals surface area (Å²) in [7, 11) is 1.50. The molecule has 0 bridgehead atoms. The summed E-state index contributed by atoms with van der Waals surface area (Å²) in [5, 5.41) is 9.81. The van der Waals surface area contributed by atoms with E-state index in [9.17, 15) is 5.11 Å². The fourth-order valence-corrected chi connectivity index (χ4v) is 1.78. The maximum atomic E-state index is 9.81. The molecule has 2 rings (SSSR count). The van der Waals surface area contributed by atoms with Crippen molar-refractivity contribution < 1.29 is 24.1 Å². The molecule has 1 N–H and O–H groups in total. The molecule has 0 aromatic rings. The Bertz CT molecular complexity index is 275. The van der Waals surface area contributed by atoms with Gasteiger partial charge in [0.1, 0.15) is 12.7 Å². The van der Waals surface area contributed by atoms with Crippen LogP contribution in [0, 0.1) is 0 Å². The zero-order valence-electron chi connectivity index (χ0n) is 9.10. The van der Waals surface area contributed by atoms with Gasteiger partial charge in [-0.25, -0.2) is 0 Å². The van der Waals surface area contributed by atoms with E-state index in [-0.39, 0.29) is 6.61 Å². The third-order valence-corrected chi connectivity index (χ3v) is 2.66. The van der Waals surface area contributed by atoms with Crippen molar-refractivity contribution in [1.29, 1.82) is 0 Å². The number of aliphatic hydroxyl groups excluding tert-OH is 1. The lowest BCUT2D eigenvalue weighted by Gasteiger charge is -2.49. The Morgan fingerprint density at radius 2 is 2.20 bits per heavy atom. The van der Waals surface area contributed by atoms with Crippen LogP contribution in [0.4, 0.5) is 0 Å². The first kappa shape index (κ1) is 10.9. The van der Waals surface area contributed by atoms with Gasteiger partial charge in [-0.2, -0.15) is 0 Å². The Morgan fingerprint density at radius 1 is 1.47 bits per heavy atom. The number of methoxy groups -OCH3 is 1. The van der Waals surface area contributed by atoms with Crippen LogP contribution in [-0.2, 0) is 18.9 Å². The van der Waals surface area contributed by atoms with Crippen LogP contribution in [0.15, 0.2) is 12.3 Å². The molecule has 0 saturated carbocycles. The van der Waals surface area contributed by atoms with Gasteiger partial charge in [0.2, 0.25) is 0 Å². The van der Waals surface area contributed by atoms with Gasteiger partial charge in [-0.15, -0.1) is 0 Å². The van der Waals surface area contributed by atoms with Gasteiger partial charge in [-0.1, -0.05) is 0 Å². The third kappa shape index (κ3) is 1.76. The first-order chi connectivity index (χ1) is 6.99. The molecule has 0 spiro atoms. The number of hydrogen-bond donors (Lipinski definition) is 1. The van der Waals surface area contributed by atoms with E-state index in [0.29, 0.717) is 0 Å². The molecule has 15 heavy (non-hydrogen) atoms. The molecule has 2 heterocycles. The molecule has 1 saturated heterocycles. The number of aliphatic hydroxyl groups is 1. The molecular weight excluding hydrogens is 200 g/mol. The van der Waals surface area contributed by atoms with Crippen LogP contribution in [0.1, 0.15) is 13.8 Å². The highest BCUT2D eigenvalue weighted by Gasteiger charge is 2.54. The van der Waals surface area contributed by atoms with Gasteiger partial charge < -0.3 is 24.1 Å². The zero-order chi connectivity index (χ0) is 11.1. The van der Waals surface area contributed by atoms with Crippen LogP contribution in [0.2, 0.25) is 0 Å². The van der Waals surface area contributed by atoms with E-state index >= 15 is 0 Å². The molecule has 0 aromatic heterocycles. The first-order valence-corrected chi connectivity index (χ1v) is 4.89. The SMILES string of the molecule is CO[C@@]12COC(C)(C)O[C@H]1[C@@H](O)C=CO2. The summed E-state index contributed by atoms with van der Waals surface area (Å²) in [4.78, 5) is 0. The summed E-state index contributed by atoms with van der Waals surface area (Å²) < 4.78 is 21.7. The van der Waals surface area contributed by atoms with Crippen molar-refractivity contribution in [3.63, 3.8) is 0 Å². The van der Waals surface area contributed by atoms with E-state index in [1.807, 2.05) is 0 Å². The van der Waals surface area contributed by atoms with E-state index in [1.165, 1.54) is 19.4 Å². The molecule has 0 aliphatic carbocycles. The molecule has 0 radical (unpaired) electrons. The van der Waals surface area contributed by atoms with Crippen molar-refractivity contribution in [2.45, 2.75) is 37.6 Å². The molecule has 5 heteroatoms. The van der Waals surface area contributed by atoms with Crippen LogP contribution in [0.25, 0.3) is 0 Å². The first-order valence-electron chi connectivity index (χ1n) is 4.89. The van der Waals surface area contributed by atoms with Crippen molar-refractivity contribution >= 4 is 0 Å². The van der Waals surface area contributed by atoms with Crippen LogP contribution < -0.4 is 0 Å². The summed E-state index contributed by atoms with van der Waals surface area (Å²) in [6.07, 6.45) is 1.62.